The third kappa shape index (κ3) is 4.03. The average Bonchev–Trinajstić information content (AvgIpc) is 3.00. The van der Waals surface area contributed by atoms with Crippen LogP contribution in [-0.2, 0) is 9.53 Å². The van der Waals surface area contributed by atoms with Gasteiger partial charge in [0.1, 0.15) is 0 Å². The van der Waals surface area contributed by atoms with Crippen molar-refractivity contribution < 1.29 is 14.3 Å². The Hall–Kier alpha value is -2.40. The lowest BCUT2D eigenvalue weighted by Crippen LogP contribution is -2.10. The Morgan fingerprint density at radius 3 is 2.76 bits per heavy atom. The predicted molar refractivity (Wildman–Crippen MR) is 84.5 cm³/mol. The van der Waals surface area contributed by atoms with Crippen LogP contribution in [0.15, 0.2) is 41.8 Å². The van der Waals surface area contributed by atoms with Crippen LogP contribution >= 0.6 is 11.3 Å². The van der Waals surface area contributed by atoms with E-state index in [0.717, 1.165) is 10.4 Å². The number of carbonyl (C=O) groups is 2. The molecule has 1 amide bonds. The molecular weight excluding hydrogens is 286 g/mol. The van der Waals surface area contributed by atoms with Gasteiger partial charge in [0.2, 0.25) is 5.91 Å². The van der Waals surface area contributed by atoms with Crippen molar-refractivity contribution >= 4 is 35.0 Å². The SMILES string of the molecule is COC(=O)c1ccc(C)c(NC(=O)C=Cc2cccs2)c1. The van der Waals surface area contributed by atoms with Crippen LogP contribution in [0.1, 0.15) is 20.8 Å². The first-order valence-corrected chi connectivity index (χ1v) is 7.19. The molecule has 0 aliphatic heterocycles. The summed E-state index contributed by atoms with van der Waals surface area (Å²) in [4.78, 5) is 24.4. The highest BCUT2D eigenvalue weighted by Crippen LogP contribution is 2.18. The van der Waals surface area contributed by atoms with Gasteiger partial charge in [-0.1, -0.05) is 12.1 Å². The number of carbonyl (C=O) groups excluding carboxylic acids is 2. The maximum atomic E-state index is 11.9. The minimum Gasteiger partial charge on any atom is -0.465 e. The largest absolute Gasteiger partial charge is 0.465 e. The monoisotopic (exact) mass is 301 g/mol. The van der Waals surface area contributed by atoms with Crippen LogP contribution < -0.4 is 5.32 Å². The Bertz CT molecular complexity index is 675. The number of rotatable bonds is 4. The van der Waals surface area contributed by atoms with E-state index in [1.807, 2.05) is 24.4 Å². The summed E-state index contributed by atoms with van der Waals surface area (Å²) in [5.41, 5.74) is 1.87. The standard InChI is InChI=1S/C16H15NO3S/c1-11-5-6-12(16(19)20-2)10-14(11)17-15(18)8-7-13-4-3-9-21-13/h3-10H,1-2H3,(H,17,18). The predicted octanol–water partition coefficient (Wildman–Crippen LogP) is 3.50. The molecule has 1 aromatic heterocycles. The van der Waals surface area contributed by atoms with Crippen molar-refractivity contribution in [3.05, 3.63) is 57.8 Å². The first-order chi connectivity index (χ1) is 10.1. The molecule has 0 saturated carbocycles. The van der Waals surface area contributed by atoms with Crippen molar-refractivity contribution in [1.29, 1.82) is 0 Å². The van der Waals surface area contributed by atoms with Crippen LogP contribution in [0.4, 0.5) is 5.69 Å². The summed E-state index contributed by atoms with van der Waals surface area (Å²) in [6, 6.07) is 8.89. The molecule has 1 aromatic carbocycles. The van der Waals surface area contributed by atoms with Crippen LogP contribution in [0, 0.1) is 6.92 Å². The molecular formula is C16H15NO3S. The molecule has 108 valence electrons. The van der Waals surface area contributed by atoms with Crippen LogP contribution in [0.25, 0.3) is 6.08 Å². The maximum Gasteiger partial charge on any atom is 0.337 e. The molecule has 0 spiro atoms. The first-order valence-electron chi connectivity index (χ1n) is 6.31. The molecule has 0 unspecified atom stereocenters. The normalized spacial score (nSPS) is 10.6. The molecule has 21 heavy (non-hydrogen) atoms. The van der Waals surface area contributed by atoms with Crippen molar-refractivity contribution in [3.63, 3.8) is 0 Å². The highest BCUT2D eigenvalue weighted by atomic mass is 32.1. The molecule has 1 N–H and O–H groups in total. The van der Waals surface area contributed by atoms with E-state index in [1.54, 1.807) is 35.6 Å². The molecule has 2 rings (SSSR count). The van der Waals surface area contributed by atoms with Crippen molar-refractivity contribution in [3.8, 4) is 0 Å². The van der Waals surface area contributed by atoms with Gasteiger partial charge in [-0.2, -0.15) is 0 Å². The Morgan fingerprint density at radius 1 is 1.29 bits per heavy atom. The van der Waals surface area contributed by atoms with E-state index >= 15 is 0 Å². The minimum absolute atomic E-state index is 0.242. The number of methoxy groups -OCH3 is 1. The second kappa shape index (κ2) is 6.85. The van der Waals surface area contributed by atoms with Gasteiger partial charge in [-0.15, -0.1) is 11.3 Å². The topological polar surface area (TPSA) is 55.4 Å². The molecule has 0 aliphatic carbocycles. The summed E-state index contributed by atoms with van der Waals surface area (Å²) in [7, 11) is 1.32. The number of nitrogens with one attached hydrogen (secondary N) is 1. The van der Waals surface area contributed by atoms with Gasteiger partial charge in [0, 0.05) is 16.6 Å². The summed E-state index contributed by atoms with van der Waals surface area (Å²) in [5, 5.41) is 4.71. The number of aryl methyl sites for hydroxylation is 1. The van der Waals surface area contributed by atoms with E-state index < -0.39 is 5.97 Å². The fourth-order valence-corrected chi connectivity index (χ4v) is 2.34. The minimum atomic E-state index is -0.431. The number of hydrogen-bond acceptors (Lipinski definition) is 4. The van der Waals surface area contributed by atoms with Gasteiger partial charge in [-0.25, -0.2) is 4.79 Å². The van der Waals surface area contributed by atoms with Gasteiger partial charge < -0.3 is 10.1 Å². The second-order valence-corrected chi connectivity index (χ2v) is 5.34. The van der Waals surface area contributed by atoms with Crippen LogP contribution in [0.5, 0.6) is 0 Å². The lowest BCUT2D eigenvalue weighted by Gasteiger charge is -2.08. The van der Waals surface area contributed by atoms with E-state index in [0.29, 0.717) is 11.3 Å². The lowest BCUT2D eigenvalue weighted by molar-refractivity contribution is -0.111. The van der Waals surface area contributed by atoms with Crippen molar-refractivity contribution in [1.82, 2.24) is 0 Å². The average molecular weight is 301 g/mol. The summed E-state index contributed by atoms with van der Waals surface area (Å²) >= 11 is 1.56. The zero-order chi connectivity index (χ0) is 15.2. The van der Waals surface area contributed by atoms with Gasteiger partial charge in [0.15, 0.2) is 0 Å². The Balaban J connectivity index is 2.11. The maximum absolute atomic E-state index is 11.9. The van der Waals surface area contributed by atoms with E-state index in [9.17, 15) is 9.59 Å². The number of anilines is 1. The molecule has 0 bridgehead atoms. The van der Waals surface area contributed by atoms with Crippen molar-refractivity contribution in [2.45, 2.75) is 6.92 Å². The highest BCUT2D eigenvalue weighted by Gasteiger charge is 2.09. The Labute approximate surface area is 127 Å². The van der Waals surface area contributed by atoms with Crippen molar-refractivity contribution in [2.24, 2.45) is 0 Å². The molecule has 0 radical (unpaired) electrons. The zero-order valence-corrected chi connectivity index (χ0v) is 12.6. The molecule has 0 saturated heterocycles. The molecule has 4 nitrogen and oxygen atoms in total. The number of esters is 1. The van der Waals surface area contributed by atoms with E-state index in [4.69, 9.17) is 0 Å². The molecule has 0 aliphatic rings. The van der Waals surface area contributed by atoms with Gasteiger partial charge in [0.25, 0.3) is 0 Å². The van der Waals surface area contributed by atoms with Gasteiger partial charge in [-0.3, -0.25) is 4.79 Å². The smallest absolute Gasteiger partial charge is 0.337 e. The van der Waals surface area contributed by atoms with Gasteiger partial charge in [0.05, 0.1) is 12.7 Å². The van der Waals surface area contributed by atoms with Gasteiger partial charge in [-0.05, 0) is 42.1 Å². The summed E-state index contributed by atoms with van der Waals surface area (Å²) in [6.45, 7) is 1.86. The van der Waals surface area contributed by atoms with E-state index in [1.165, 1.54) is 13.2 Å². The first kappa shape index (κ1) is 15.0. The molecule has 5 heteroatoms. The lowest BCUT2D eigenvalue weighted by atomic mass is 10.1. The van der Waals surface area contributed by atoms with Gasteiger partial charge >= 0.3 is 5.97 Å². The zero-order valence-electron chi connectivity index (χ0n) is 11.8. The van der Waals surface area contributed by atoms with Crippen molar-refractivity contribution in [2.75, 3.05) is 12.4 Å². The third-order valence-corrected chi connectivity index (χ3v) is 3.70. The van der Waals surface area contributed by atoms with Crippen LogP contribution in [0.3, 0.4) is 0 Å². The number of hydrogen-bond donors (Lipinski definition) is 1. The Morgan fingerprint density at radius 2 is 2.10 bits per heavy atom. The quantitative estimate of drug-likeness (QED) is 0.694. The molecule has 2 aromatic rings. The fourth-order valence-electron chi connectivity index (χ4n) is 1.72. The molecule has 0 atom stereocenters. The van der Waals surface area contributed by atoms with E-state index in [-0.39, 0.29) is 5.91 Å². The molecule has 0 fully saturated rings. The molecule has 1 heterocycles. The number of ether oxygens (including phenoxy) is 1. The van der Waals surface area contributed by atoms with E-state index in [2.05, 4.69) is 10.1 Å². The summed E-state index contributed by atoms with van der Waals surface area (Å²) in [6.07, 6.45) is 3.22. The third-order valence-electron chi connectivity index (χ3n) is 2.86. The number of amides is 1. The summed E-state index contributed by atoms with van der Waals surface area (Å²) < 4.78 is 4.67. The van der Waals surface area contributed by atoms with Crippen LogP contribution in [-0.4, -0.2) is 19.0 Å². The highest BCUT2D eigenvalue weighted by molar-refractivity contribution is 7.10. The van der Waals surface area contributed by atoms with Crippen LogP contribution in [0.2, 0.25) is 0 Å². The fraction of sp³-hybridized carbons (Fsp3) is 0.125. The second-order valence-electron chi connectivity index (χ2n) is 4.36. The Kier molecular flexibility index (Phi) is 4.90. The number of thiophene rings is 1. The number of benzene rings is 1. The summed E-state index contributed by atoms with van der Waals surface area (Å²) in [5.74, 6) is -0.673.